The van der Waals surface area contributed by atoms with E-state index in [1.54, 1.807) is 35.7 Å². The van der Waals surface area contributed by atoms with Gasteiger partial charge in [0.15, 0.2) is 0 Å². The Morgan fingerprint density at radius 1 is 1.03 bits per heavy atom. The third-order valence-corrected chi connectivity index (χ3v) is 8.02. The van der Waals surface area contributed by atoms with E-state index < -0.39 is 10.0 Å². The third kappa shape index (κ3) is 3.52. The molecule has 2 fully saturated rings. The van der Waals surface area contributed by atoms with Crippen molar-refractivity contribution in [3.05, 3.63) is 60.5 Å². The first-order chi connectivity index (χ1) is 14.9. The SMILES string of the molecule is COc1ccc(S(=O)(=O)N2CC3(CC(c4nnc(-c5ccccc5)o4)N(C)C3)C2)cc1. The van der Waals surface area contributed by atoms with E-state index in [0.29, 0.717) is 30.6 Å². The molecule has 3 heterocycles. The summed E-state index contributed by atoms with van der Waals surface area (Å²) in [5.74, 6) is 1.71. The molecule has 2 aromatic carbocycles. The predicted octanol–water partition coefficient (Wildman–Crippen LogP) is 2.81. The molecule has 0 bridgehead atoms. The number of nitrogens with zero attached hydrogens (tertiary/aromatic N) is 4. The van der Waals surface area contributed by atoms with Gasteiger partial charge >= 0.3 is 0 Å². The lowest BCUT2D eigenvalue weighted by Crippen LogP contribution is -2.59. The van der Waals surface area contributed by atoms with Gasteiger partial charge in [-0.15, -0.1) is 10.2 Å². The van der Waals surface area contributed by atoms with Gasteiger partial charge in [0.2, 0.25) is 21.8 Å². The number of benzene rings is 2. The minimum absolute atomic E-state index is 0.0178. The van der Waals surface area contributed by atoms with Crippen LogP contribution in [-0.4, -0.2) is 61.6 Å². The molecule has 0 radical (unpaired) electrons. The first kappa shape index (κ1) is 20.2. The molecule has 0 amide bonds. The fourth-order valence-electron chi connectivity index (χ4n) is 4.61. The molecule has 8 nitrogen and oxygen atoms in total. The highest BCUT2D eigenvalue weighted by molar-refractivity contribution is 7.89. The zero-order chi connectivity index (χ0) is 21.6. The number of hydrogen-bond donors (Lipinski definition) is 0. The van der Waals surface area contributed by atoms with Gasteiger partial charge in [-0.3, -0.25) is 4.90 Å². The zero-order valence-electron chi connectivity index (χ0n) is 17.4. The van der Waals surface area contributed by atoms with Gasteiger partial charge < -0.3 is 9.15 Å². The summed E-state index contributed by atoms with van der Waals surface area (Å²) in [4.78, 5) is 2.47. The van der Waals surface area contributed by atoms with Crippen molar-refractivity contribution in [3.63, 3.8) is 0 Å². The van der Waals surface area contributed by atoms with Crippen LogP contribution in [0.4, 0.5) is 0 Å². The molecule has 1 spiro atoms. The van der Waals surface area contributed by atoms with E-state index in [4.69, 9.17) is 9.15 Å². The number of likely N-dealkylation sites (tertiary alicyclic amines) is 1. The summed E-state index contributed by atoms with van der Waals surface area (Å²) < 4.78 is 38.6. The van der Waals surface area contributed by atoms with Crippen LogP contribution >= 0.6 is 0 Å². The number of methoxy groups -OCH3 is 1. The summed E-state index contributed by atoms with van der Waals surface area (Å²) in [5.41, 5.74) is 0.789. The summed E-state index contributed by atoms with van der Waals surface area (Å²) in [6.45, 7) is 1.76. The Kier molecular flexibility index (Phi) is 4.84. The van der Waals surface area contributed by atoms with E-state index in [-0.39, 0.29) is 16.4 Å². The molecule has 31 heavy (non-hydrogen) atoms. The minimum atomic E-state index is -3.51. The fraction of sp³-hybridized carbons (Fsp3) is 0.364. The monoisotopic (exact) mass is 440 g/mol. The highest BCUT2D eigenvalue weighted by Gasteiger charge is 2.55. The fourth-order valence-corrected chi connectivity index (χ4v) is 6.28. The Morgan fingerprint density at radius 3 is 2.42 bits per heavy atom. The Balaban J connectivity index is 1.29. The van der Waals surface area contributed by atoms with E-state index in [0.717, 1.165) is 18.5 Å². The number of rotatable bonds is 5. The average molecular weight is 441 g/mol. The smallest absolute Gasteiger partial charge is 0.247 e. The summed E-state index contributed by atoms with van der Waals surface area (Å²) in [6, 6.07) is 16.2. The summed E-state index contributed by atoms with van der Waals surface area (Å²) in [6.07, 6.45) is 0.786. The van der Waals surface area contributed by atoms with E-state index in [9.17, 15) is 8.42 Å². The van der Waals surface area contributed by atoms with E-state index in [1.807, 2.05) is 37.4 Å². The molecule has 9 heteroatoms. The second-order valence-corrected chi connectivity index (χ2v) is 10.3. The maximum atomic E-state index is 13.0. The van der Waals surface area contributed by atoms with E-state index in [1.165, 1.54) is 0 Å². The first-order valence-corrected chi connectivity index (χ1v) is 11.6. The van der Waals surface area contributed by atoms with Crippen LogP contribution in [0.3, 0.4) is 0 Å². The molecule has 0 saturated carbocycles. The van der Waals surface area contributed by atoms with Gasteiger partial charge in [0.25, 0.3) is 0 Å². The quantitative estimate of drug-likeness (QED) is 0.603. The van der Waals surface area contributed by atoms with Gasteiger partial charge in [-0.2, -0.15) is 4.31 Å². The van der Waals surface area contributed by atoms with Crippen molar-refractivity contribution in [2.45, 2.75) is 17.4 Å². The Morgan fingerprint density at radius 2 is 1.74 bits per heavy atom. The van der Waals surface area contributed by atoms with Crippen molar-refractivity contribution in [2.75, 3.05) is 33.8 Å². The van der Waals surface area contributed by atoms with Crippen LogP contribution in [0, 0.1) is 5.41 Å². The van der Waals surface area contributed by atoms with Gasteiger partial charge in [0, 0.05) is 30.6 Å². The molecule has 3 aromatic rings. The molecule has 2 aliphatic rings. The second kappa shape index (κ2) is 7.44. The first-order valence-electron chi connectivity index (χ1n) is 10.1. The minimum Gasteiger partial charge on any atom is -0.497 e. The summed E-state index contributed by atoms with van der Waals surface area (Å²) in [5, 5.41) is 8.48. The molecule has 162 valence electrons. The lowest BCUT2D eigenvalue weighted by atomic mass is 9.79. The molecular weight excluding hydrogens is 416 g/mol. The molecular formula is C22H24N4O4S. The maximum Gasteiger partial charge on any atom is 0.247 e. The van der Waals surface area contributed by atoms with Crippen molar-refractivity contribution in [1.82, 2.24) is 19.4 Å². The van der Waals surface area contributed by atoms with Gasteiger partial charge in [-0.05, 0) is 49.9 Å². The van der Waals surface area contributed by atoms with Crippen LogP contribution < -0.4 is 4.74 Å². The zero-order valence-corrected chi connectivity index (χ0v) is 18.2. The highest BCUT2D eigenvalue weighted by Crippen LogP contribution is 2.49. The van der Waals surface area contributed by atoms with Crippen LogP contribution in [0.15, 0.2) is 63.9 Å². The molecule has 0 aliphatic carbocycles. The topological polar surface area (TPSA) is 88.8 Å². The highest BCUT2D eigenvalue weighted by atomic mass is 32.2. The molecule has 5 rings (SSSR count). The number of hydrogen-bond acceptors (Lipinski definition) is 7. The molecule has 2 saturated heterocycles. The van der Waals surface area contributed by atoms with E-state index in [2.05, 4.69) is 15.1 Å². The van der Waals surface area contributed by atoms with Gasteiger partial charge in [-0.25, -0.2) is 8.42 Å². The van der Waals surface area contributed by atoms with Crippen LogP contribution in [0.25, 0.3) is 11.5 Å². The van der Waals surface area contributed by atoms with E-state index >= 15 is 0 Å². The van der Waals surface area contributed by atoms with Crippen molar-refractivity contribution in [3.8, 4) is 17.2 Å². The van der Waals surface area contributed by atoms with Crippen molar-refractivity contribution in [2.24, 2.45) is 5.41 Å². The van der Waals surface area contributed by atoms with Gasteiger partial charge in [0.1, 0.15) is 5.75 Å². The number of ether oxygens (including phenoxy) is 1. The van der Waals surface area contributed by atoms with Gasteiger partial charge in [-0.1, -0.05) is 18.2 Å². The lowest BCUT2D eigenvalue weighted by molar-refractivity contribution is 0.0808. The predicted molar refractivity (Wildman–Crippen MR) is 114 cm³/mol. The van der Waals surface area contributed by atoms with Crippen molar-refractivity contribution >= 4 is 10.0 Å². The third-order valence-electron chi connectivity index (χ3n) is 6.21. The molecule has 0 N–H and O–H groups in total. The van der Waals surface area contributed by atoms with Gasteiger partial charge in [0.05, 0.1) is 18.0 Å². The summed E-state index contributed by atoms with van der Waals surface area (Å²) in [7, 11) is 0.0634. The Bertz CT molecular complexity index is 1170. The van der Waals surface area contributed by atoms with Crippen molar-refractivity contribution in [1.29, 1.82) is 0 Å². The Labute approximate surface area is 181 Å². The average Bonchev–Trinajstić information content (AvgIpc) is 3.38. The molecule has 1 unspecified atom stereocenters. The standard InChI is InChI=1S/C22H24N4O4S/c1-25-13-22(12-19(25)21-24-23-20(30-21)16-6-4-3-5-7-16)14-26(15-22)31(27,28)18-10-8-17(29-2)9-11-18/h3-11,19H,12-15H2,1-2H3. The molecule has 2 aliphatic heterocycles. The lowest BCUT2D eigenvalue weighted by Gasteiger charge is -2.46. The molecule has 1 atom stereocenters. The van der Waals surface area contributed by atoms with Crippen LogP contribution in [0.1, 0.15) is 18.4 Å². The van der Waals surface area contributed by atoms with Crippen molar-refractivity contribution < 1.29 is 17.6 Å². The molecule has 1 aromatic heterocycles. The maximum absolute atomic E-state index is 13.0. The Hall–Kier alpha value is -2.75. The largest absolute Gasteiger partial charge is 0.497 e. The van der Waals surface area contributed by atoms with Crippen LogP contribution in [0.5, 0.6) is 5.75 Å². The normalized spacial score (nSPS) is 21.3. The number of aromatic nitrogens is 2. The second-order valence-electron chi connectivity index (χ2n) is 8.40. The van der Waals surface area contributed by atoms with Crippen LogP contribution in [-0.2, 0) is 10.0 Å². The summed E-state index contributed by atoms with van der Waals surface area (Å²) >= 11 is 0. The number of sulfonamides is 1. The van der Waals surface area contributed by atoms with Crippen LogP contribution in [0.2, 0.25) is 0 Å².